The molecule has 98 valence electrons. The van der Waals surface area contributed by atoms with Crippen LogP contribution in [0.25, 0.3) is 0 Å². The summed E-state index contributed by atoms with van der Waals surface area (Å²) in [7, 11) is 1.86. The molecule has 2 heterocycles. The third kappa shape index (κ3) is 2.25. The van der Waals surface area contributed by atoms with Crippen molar-refractivity contribution in [2.45, 2.75) is 81.6 Å². The Bertz CT molecular complexity index is 249. The molecule has 3 heteroatoms. The molecule has 3 fully saturated rings. The van der Waals surface area contributed by atoms with E-state index in [1.807, 2.05) is 7.11 Å². The first kappa shape index (κ1) is 11.9. The minimum atomic E-state index is 0.471. The van der Waals surface area contributed by atoms with E-state index in [1.54, 1.807) is 0 Å². The SMILES string of the molecule is COC1CCC(N2C3CCC2CC(N)C3)CC1. The zero-order valence-corrected chi connectivity index (χ0v) is 11.0. The van der Waals surface area contributed by atoms with E-state index >= 15 is 0 Å². The number of nitrogens with two attached hydrogens (primary N) is 1. The Morgan fingerprint density at radius 2 is 1.41 bits per heavy atom. The summed E-state index contributed by atoms with van der Waals surface area (Å²) in [4.78, 5) is 2.84. The van der Waals surface area contributed by atoms with Gasteiger partial charge in [-0.05, 0) is 51.4 Å². The van der Waals surface area contributed by atoms with E-state index in [0.717, 1.165) is 18.1 Å². The van der Waals surface area contributed by atoms with Gasteiger partial charge in [-0.25, -0.2) is 0 Å². The van der Waals surface area contributed by atoms with Crippen LogP contribution in [0.15, 0.2) is 0 Å². The third-order valence-corrected chi connectivity index (χ3v) is 5.22. The second-order valence-electron chi connectivity index (χ2n) is 6.23. The number of piperidine rings is 1. The molecule has 3 aliphatic rings. The second-order valence-corrected chi connectivity index (χ2v) is 6.23. The smallest absolute Gasteiger partial charge is 0.0572 e. The van der Waals surface area contributed by atoms with Gasteiger partial charge in [-0.3, -0.25) is 4.90 Å². The number of rotatable bonds is 2. The van der Waals surface area contributed by atoms with Crippen molar-refractivity contribution < 1.29 is 4.74 Å². The number of ether oxygens (including phenoxy) is 1. The van der Waals surface area contributed by atoms with Crippen LogP contribution < -0.4 is 5.73 Å². The van der Waals surface area contributed by atoms with Crippen LogP contribution in [0.2, 0.25) is 0 Å². The van der Waals surface area contributed by atoms with Gasteiger partial charge in [0.2, 0.25) is 0 Å². The van der Waals surface area contributed by atoms with Crippen LogP contribution in [0.1, 0.15) is 51.4 Å². The first-order valence-corrected chi connectivity index (χ1v) is 7.33. The molecule has 17 heavy (non-hydrogen) atoms. The topological polar surface area (TPSA) is 38.5 Å². The van der Waals surface area contributed by atoms with Gasteiger partial charge in [0.05, 0.1) is 6.10 Å². The molecule has 2 atom stereocenters. The summed E-state index contributed by atoms with van der Waals surface area (Å²) >= 11 is 0. The van der Waals surface area contributed by atoms with Crippen molar-refractivity contribution in [2.24, 2.45) is 5.73 Å². The first-order chi connectivity index (χ1) is 8.28. The van der Waals surface area contributed by atoms with Crippen LogP contribution in [0.5, 0.6) is 0 Å². The molecule has 0 radical (unpaired) electrons. The summed E-state index contributed by atoms with van der Waals surface area (Å²) in [6.07, 6.45) is 11.0. The summed E-state index contributed by atoms with van der Waals surface area (Å²) < 4.78 is 5.47. The molecule has 2 bridgehead atoms. The minimum Gasteiger partial charge on any atom is -0.381 e. The van der Waals surface area contributed by atoms with Gasteiger partial charge in [0.25, 0.3) is 0 Å². The number of methoxy groups -OCH3 is 1. The highest BCUT2D eigenvalue weighted by atomic mass is 16.5. The lowest BCUT2D eigenvalue weighted by Gasteiger charge is -2.45. The fourth-order valence-corrected chi connectivity index (χ4v) is 4.43. The Labute approximate surface area is 105 Å². The molecule has 2 N–H and O–H groups in total. The van der Waals surface area contributed by atoms with Crippen LogP contribution in [0.4, 0.5) is 0 Å². The van der Waals surface area contributed by atoms with Crippen molar-refractivity contribution >= 4 is 0 Å². The highest BCUT2D eigenvalue weighted by Gasteiger charge is 2.43. The van der Waals surface area contributed by atoms with Gasteiger partial charge in [0, 0.05) is 31.3 Å². The average molecular weight is 238 g/mol. The van der Waals surface area contributed by atoms with Gasteiger partial charge in [0.15, 0.2) is 0 Å². The minimum absolute atomic E-state index is 0.471. The summed E-state index contributed by atoms with van der Waals surface area (Å²) in [6, 6.07) is 2.89. The normalized spacial score (nSPS) is 47.3. The first-order valence-electron chi connectivity index (χ1n) is 7.33. The molecule has 3 nitrogen and oxygen atoms in total. The van der Waals surface area contributed by atoms with Crippen molar-refractivity contribution in [1.29, 1.82) is 0 Å². The van der Waals surface area contributed by atoms with Gasteiger partial charge in [-0.15, -0.1) is 0 Å². The monoisotopic (exact) mass is 238 g/mol. The van der Waals surface area contributed by atoms with Crippen LogP contribution >= 0.6 is 0 Å². The standard InChI is InChI=1S/C14H26N2O/c1-17-14-6-4-11(5-7-14)16-12-2-3-13(16)9-10(15)8-12/h10-14H,2-9,15H2,1H3. The van der Waals surface area contributed by atoms with Gasteiger partial charge < -0.3 is 10.5 Å². The predicted molar refractivity (Wildman–Crippen MR) is 68.9 cm³/mol. The zero-order chi connectivity index (χ0) is 11.8. The van der Waals surface area contributed by atoms with Crippen molar-refractivity contribution in [2.75, 3.05) is 7.11 Å². The highest BCUT2D eigenvalue weighted by molar-refractivity contribution is 5.00. The predicted octanol–water partition coefficient (Wildman–Crippen LogP) is 1.90. The summed E-state index contributed by atoms with van der Waals surface area (Å²) in [5.74, 6) is 0. The molecule has 1 aliphatic carbocycles. The number of hydrogen-bond acceptors (Lipinski definition) is 3. The Kier molecular flexibility index (Phi) is 3.42. The molecular weight excluding hydrogens is 212 g/mol. The van der Waals surface area contributed by atoms with E-state index in [1.165, 1.54) is 51.4 Å². The summed E-state index contributed by atoms with van der Waals surface area (Å²) in [5, 5.41) is 0. The summed E-state index contributed by atoms with van der Waals surface area (Å²) in [5.41, 5.74) is 6.14. The third-order valence-electron chi connectivity index (χ3n) is 5.22. The number of fused-ring (bicyclic) bond motifs is 2. The lowest BCUT2D eigenvalue weighted by atomic mass is 9.87. The number of hydrogen-bond donors (Lipinski definition) is 1. The Balaban J connectivity index is 1.62. The number of nitrogens with zero attached hydrogens (tertiary/aromatic N) is 1. The van der Waals surface area contributed by atoms with Crippen LogP contribution in [-0.4, -0.2) is 42.3 Å². The quantitative estimate of drug-likeness (QED) is 0.798. The lowest BCUT2D eigenvalue weighted by Crippen LogP contribution is -2.53. The van der Waals surface area contributed by atoms with Crippen molar-refractivity contribution in [1.82, 2.24) is 4.90 Å². The van der Waals surface area contributed by atoms with Crippen molar-refractivity contribution in [3.8, 4) is 0 Å². The molecule has 2 aliphatic heterocycles. The Hall–Kier alpha value is -0.120. The van der Waals surface area contributed by atoms with Gasteiger partial charge in [0.1, 0.15) is 0 Å². The zero-order valence-electron chi connectivity index (χ0n) is 11.0. The van der Waals surface area contributed by atoms with E-state index in [2.05, 4.69) is 4.90 Å². The highest BCUT2D eigenvalue weighted by Crippen LogP contribution is 2.40. The molecule has 2 saturated heterocycles. The molecule has 0 aromatic carbocycles. The van der Waals surface area contributed by atoms with Crippen molar-refractivity contribution in [3.05, 3.63) is 0 Å². The van der Waals surface area contributed by atoms with Crippen LogP contribution in [0.3, 0.4) is 0 Å². The molecule has 3 rings (SSSR count). The van der Waals surface area contributed by atoms with E-state index in [0.29, 0.717) is 12.1 Å². The Morgan fingerprint density at radius 1 is 0.882 bits per heavy atom. The Morgan fingerprint density at radius 3 is 1.94 bits per heavy atom. The lowest BCUT2D eigenvalue weighted by molar-refractivity contribution is 0.00905. The fourth-order valence-electron chi connectivity index (χ4n) is 4.43. The molecule has 0 aromatic heterocycles. The van der Waals surface area contributed by atoms with Crippen molar-refractivity contribution in [3.63, 3.8) is 0 Å². The maximum Gasteiger partial charge on any atom is 0.0572 e. The fraction of sp³-hybridized carbons (Fsp3) is 1.00. The van der Waals surface area contributed by atoms with E-state index in [9.17, 15) is 0 Å². The van der Waals surface area contributed by atoms with E-state index < -0.39 is 0 Å². The van der Waals surface area contributed by atoms with Crippen LogP contribution in [-0.2, 0) is 4.74 Å². The largest absolute Gasteiger partial charge is 0.381 e. The van der Waals surface area contributed by atoms with Gasteiger partial charge in [-0.2, -0.15) is 0 Å². The van der Waals surface area contributed by atoms with E-state index in [-0.39, 0.29) is 0 Å². The molecule has 2 unspecified atom stereocenters. The molecule has 0 aromatic rings. The van der Waals surface area contributed by atoms with Gasteiger partial charge >= 0.3 is 0 Å². The molecule has 0 spiro atoms. The maximum atomic E-state index is 6.14. The second kappa shape index (κ2) is 4.87. The van der Waals surface area contributed by atoms with Gasteiger partial charge in [-0.1, -0.05) is 0 Å². The molecule has 0 amide bonds. The molecular formula is C14H26N2O. The average Bonchev–Trinajstić information content (AvgIpc) is 2.62. The molecule has 1 saturated carbocycles. The van der Waals surface area contributed by atoms with Crippen LogP contribution in [0, 0.1) is 0 Å². The summed E-state index contributed by atoms with van der Waals surface area (Å²) in [6.45, 7) is 0. The van der Waals surface area contributed by atoms with E-state index in [4.69, 9.17) is 10.5 Å². The maximum absolute atomic E-state index is 6.14.